The molecule has 0 fully saturated rings. The molecule has 3 aromatic rings. The average molecular weight is 348 g/mol. The van der Waals surface area contributed by atoms with Gasteiger partial charge in [-0.05, 0) is 24.3 Å². The average Bonchev–Trinajstić information content (AvgIpc) is 2.96. The van der Waals surface area contributed by atoms with E-state index in [9.17, 15) is 12.6 Å². The largest absolute Gasteiger partial charge is 0.307 e. The van der Waals surface area contributed by atoms with Crippen molar-refractivity contribution < 1.29 is 12.6 Å². The molecule has 1 atom stereocenters. The lowest BCUT2D eigenvalue weighted by Crippen LogP contribution is -2.14. The van der Waals surface area contributed by atoms with E-state index in [0.717, 1.165) is 5.65 Å². The van der Waals surface area contributed by atoms with E-state index in [-0.39, 0.29) is 22.2 Å². The predicted octanol–water partition coefficient (Wildman–Crippen LogP) is 2.06. The first kappa shape index (κ1) is 15.9. The Balaban J connectivity index is 1.63. The van der Waals surface area contributed by atoms with Crippen molar-refractivity contribution in [1.29, 1.82) is 0 Å². The van der Waals surface area contributed by atoms with E-state index in [2.05, 4.69) is 4.98 Å². The van der Waals surface area contributed by atoms with Gasteiger partial charge in [0.1, 0.15) is 5.65 Å². The van der Waals surface area contributed by atoms with Crippen LogP contribution in [-0.4, -0.2) is 33.5 Å². The molecule has 7 heteroatoms. The number of aromatic nitrogens is 2. The van der Waals surface area contributed by atoms with E-state index in [1.807, 2.05) is 35.0 Å². The first-order chi connectivity index (χ1) is 11.0. The smallest absolute Gasteiger partial charge is 0.179 e. The van der Waals surface area contributed by atoms with Crippen molar-refractivity contribution in [3.05, 3.63) is 66.6 Å². The molecule has 120 valence electrons. The van der Waals surface area contributed by atoms with E-state index >= 15 is 0 Å². The quantitative estimate of drug-likeness (QED) is 0.684. The molecule has 5 nitrogen and oxygen atoms in total. The highest BCUT2D eigenvalue weighted by Gasteiger charge is 2.16. The minimum Gasteiger partial charge on any atom is -0.307 e. The van der Waals surface area contributed by atoms with Crippen LogP contribution < -0.4 is 0 Å². The lowest BCUT2D eigenvalue weighted by molar-refractivity contribution is 0.597. The maximum Gasteiger partial charge on any atom is 0.179 e. The molecule has 0 aliphatic heterocycles. The van der Waals surface area contributed by atoms with Gasteiger partial charge in [0, 0.05) is 28.9 Å². The summed E-state index contributed by atoms with van der Waals surface area (Å²) < 4.78 is 38.4. The van der Waals surface area contributed by atoms with Crippen molar-refractivity contribution in [3.63, 3.8) is 0 Å². The number of imidazole rings is 1. The summed E-state index contributed by atoms with van der Waals surface area (Å²) in [5, 5.41) is 0. The van der Waals surface area contributed by atoms with Crippen molar-refractivity contribution in [2.75, 3.05) is 11.5 Å². The first-order valence-electron chi connectivity index (χ1n) is 7.10. The summed E-state index contributed by atoms with van der Waals surface area (Å²) in [5.41, 5.74) is 1.49. The Morgan fingerprint density at radius 1 is 1.04 bits per heavy atom. The highest BCUT2D eigenvalue weighted by Crippen LogP contribution is 2.11. The molecule has 0 radical (unpaired) electrons. The van der Waals surface area contributed by atoms with Crippen LogP contribution in [-0.2, 0) is 26.4 Å². The Kier molecular flexibility index (Phi) is 4.58. The SMILES string of the molecule is O=[S@@](CCS(=O)(=O)c1ccccc1)Cc1cn2ccccc2n1. The lowest BCUT2D eigenvalue weighted by Gasteiger charge is -2.04. The van der Waals surface area contributed by atoms with Gasteiger partial charge in [0.2, 0.25) is 0 Å². The van der Waals surface area contributed by atoms with Crippen molar-refractivity contribution in [2.24, 2.45) is 0 Å². The predicted molar refractivity (Wildman–Crippen MR) is 90.4 cm³/mol. The van der Waals surface area contributed by atoms with Crippen LogP contribution in [0.2, 0.25) is 0 Å². The number of hydrogen-bond acceptors (Lipinski definition) is 4. The first-order valence-corrected chi connectivity index (χ1v) is 10.2. The van der Waals surface area contributed by atoms with E-state index < -0.39 is 20.6 Å². The standard InChI is InChI=1S/C16H16N2O3S2/c19-22(10-11-23(20,21)15-6-2-1-3-7-15)13-14-12-18-9-5-4-8-16(18)17-14/h1-9,12H,10-11,13H2/t22-/m0/s1. The molecule has 1 aromatic carbocycles. The summed E-state index contributed by atoms with van der Waals surface area (Å²) in [6, 6.07) is 13.9. The molecule has 0 saturated carbocycles. The Morgan fingerprint density at radius 2 is 1.78 bits per heavy atom. The van der Waals surface area contributed by atoms with Crippen molar-refractivity contribution in [2.45, 2.75) is 10.6 Å². The zero-order valence-electron chi connectivity index (χ0n) is 12.3. The summed E-state index contributed by atoms with van der Waals surface area (Å²) >= 11 is 0. The number of fused-ring (bicyclic) bond motifs is 1. The normalized spacial score (nSPS) is 13.2. The van der Waals surface area contributed by atoms with Crippen LogP contribution in [0.5, 0.6) is 0 Å². The summed E-state index contributed by atoms with van der Waals surface area (Å²) in [6.07, 6.45) is 3.69. The highest BCUT2D eigenvalue weighted by atomic mass is 32.2. The third kappa shape index (κ3) is 3.86. The van der Waals surface area contributed by atoms with Gasteiger partial charge in [-0.25, -0.2) is 13.4 Å². The van der Waals surface area contributed by atoms with Gasteiger partial charge in [0.25, 0.3) is 0 Å². The third-order valence-corrected chi connectivity index (χ3v) is 6.67. The molecule has 3 rings (SSSR count). The van der Waals surface area contributed by atoms with Crippen LogP contribution in [0.25, 0.3) is 5.65 Å². The molecule has 0 bridgehead atoms. The topological polar surface area (TPSA) is 68.5 Å². The lowest BCUT2D eigenvalue weighted by atomic mass is 10.4. The van der Waals surface area contributed by atoms with Crippen molar-refractivity contribution in [3.8, 4) is 0 Å². The van der Waals surface area contributed by atoms with Crippen molar-refractivity contribution >= 4 is 26.3 Å². The molecule has 0 saturated heterocycles. The zero-order valence-corrected chi connectivity index (χ0v) is 14.0. The molecule has 2 heterocycles. The summed E-state index contributed by atoms with van der Waals surface area (Å²) in [5.74, 6) is 0.230. The van der Waals surface area contributed by atoms with Gasteiger partial charge in [-0.15, -0.1) is 0 Å². The van der Waals surface area contributed by atoms with Gasteiger partial charge in [0.05, 0.1) is 22.1 Å². The van der Waals surface area contributed by atoms with Crippen LogP contribution in [0, 0.1) is 0 Å². The van der Waals surface area contributed by atoms with Crippen LogP contribution in [0.3, 0.4) is 0 Å². The van der Waals surface area contributed by atoms with Crippen LogP contribution in [0.15, 0.2) is 65.8 Å². The fraction of sp³-hybridized carbons (Fsp3) is 0.188. The molecular formula is C16H16N2O3S2. The number of nitrogens with zero attached hydrogens (tertiary/aromatic N) is 2. The maximum absolute atomic E-state index is 12.2. The molecule has 0 aliphatic carbocycles. The highest BCUT2D eigenvalue weighted by molar-refractivity contribution is 7.93. The van der Waals surface area contributed by atoms with E-state index in [1.54, 1.807) is 30.3 Å². The van der Waals surface area contributed by atoms with Gasteiger partial charge in [-0.3, -0.25) is 4.21 Å². The number of rotatable bonds is 6. The van der Waals surface area contributed by atoms with Gasteiger partial charge in [-0.1, -0.05) is 24.3 Å². The molecular weight excluding hydrogens is 332 g/mol. The van der Waals surface area contributed by atoms with E-state index in [4.69, 9.17) is 0 Å². The number of sulfone groups is 1. The van der Waals surface area contributed by atoms with E-state index in [1.165, 1.54) is 0 Å². The van der Waals surface area contributed by atoms with Gasteiger partial charge in [-0.2, -0.15) is 0 Å². The molecule has 0 unspecified atom stereocenters. The fourth-order valence-electron chi connectivity index (χ4n) is 2.24. The van der Waals surface area contributed by atoms with Crippen LogP contribution in [0.4, 0.5) is 0 Å². The Bertz CT molecular complexity index is 901. The number of hydrogen-bond donors (Lipinski definition) is 0. The maximum atomic E-state index is 12.2. The fourth-order valence-corrected chi connectivity index (χ4v) is 5.28. The number of benzene rings is 1. The van der Waals surface area contributed by atoms with Gasteiger partial charge < -0.3 is 4.40 Å². The van der Waals surface area contributed by atoms with E-state index in [0.29, 0.717) is 5.69 Å². The molecule has 0 amide bonds. The third-order valence-electron chi connectivity index (χ3n) is 3.40. The summed E-state index contributed by atoms with van der Waals surface area (Å²) in [6.45, 7) is 0. The Hall–Kier alpha value is -1.99. The zero-order chi connectivity index (χ0) is 16.3. The van der Waals surface area contributed by atoms with Gasteiger partial charge >= 0.3 is 0 Å². The molecule has 0 N–H and O–H groups in total. The molecule has 2 aromatic heterocycles. The molecule has 0 spiro atoms. The molecule has 0 aliphatic rings. The monoisotopic (exact) mass is 348 g/mol. The van der Waals surface area contributed by atoms with Gasteiger partial charge in [0.15, 0.2) is 9.84 Å². The minimum atomic E-state index is -3.39. The second kappa shape index (κ2) is 6.64. The Labute approximate surface area is 137 Å². The van der Waals surface area contributed by atoms with Crippen molar-refractivity contribution in [1.82, 2.24) is 9.38 Å². The Morgan fingerprint density at radius 3 is 2.52 bits per heavy atom. The minimum absolute atomic E-state index is 0.102. The summed E-state index contributed by atoms with van der Waals surface area (Å²) in [7, 11) is -4.66. The summed E-state index contributed by atoms with van der Waals surface area (Å²) in [4.78, 5) is 4.64. The second-order valence-electron chi connectivity index (χ2n) is 5.12. The molecule has 23 heavy (non-hydrogen) atoms. The second-order valence-corrected chi connectivity index (χ2v) is 8.80. The number of pyridine rings is 1. The van der Waals surface area contributed by atoms with Crippen LogP contribution >= 0.6 is 0 Å². The van der Waals surface area contributed by atoms with Crippen LogP contribution in [0.1, 0.15) is 5.69 Å².